The molecule has 0 radical (unpaired) electrons. The molecule has 0 aliphatic carbocycles. The molecule has 2 aromatic carbocycles. The number of aryl methyl sites for hydroxylation is 1. The van der Waals surface area contributed by atoms with Gasteiger partial charge in [0.25, 0.3) is 11.8 Å². The summed E-state index contributed by atoms with van der Waals surface area (Å²) in [5, 5.41) is 6.52. The molecule has 0 atom stereocenters. The lowest BCUT2D eigenvalue weighted by Crippen LogP contribution is -2.19. The van der Waals surface area contributed by atoms with Gasteiger partial charge in [-0.25, -0.2) is 4.98 Å². The van der Waals surface area contributed by atoms with Crippen LogP contribution < -0.4 is 15.8 Å². The molecule has 0 spiro atoms. The highest BCUT2D eigenvalue weighted by atomic mass is 19.4. The molecule has 0 bridgehead atoms. The van der Waals surface area contributed by atoms with Crippen LogP contribution in [0.15, 0.2) is 48.5 Å². The largest absolute Gasteiger partial charge is 0.497 e. The lowest BCUT2D eigenvalue weighted by atomic mass is 10.0. The number of ether oxygens (including phenoxy) is 1. The third kappa shape index (κ3) is 4.72. The summed E-state index contributed by atoms with van der Waals surface area (Å²) < 4.78 is 48.1. The molecule has 4 aromatic rings. The van der Waals surface area contributed by atoms with Crippen molar-refractivity contribution in [1.29, 1.82) is 0 Å². The van der Waals surface area contributed by atoms with Gasteiger partial charge in [-0.2, -0.15) is 18.3 Å². The van der Waals surface area contributed by atoms with Crippen molar-refractivity contribution in [2.45, 2.75) is 26.6 Å². The van der Waals surface area contributed by atoms with Crippen molar-refractivity contribution in [2.24, 2.45) is 5.73 Å². The van der Waals surface area contributed by atoms with Crippen molar-refractivity contribution in [3.63, 3.8) is 0 Å². The number of hydrogen-bond acceptors (Lipinski definition) is 5. The number of benzene rings is 2. The first-order chi connectivity index (χ1) is 17.0. The van der Waals surface area contributed by atoms with Crippen LogP contribution in [-0.4, -0.2) is 33.7 Å². The Morgan fingerprint density at radius 2 is 1.83 bits per heavy atom. The number of rotatable bonds is 6. The molecule has 0 saturated carbocycles. The second-order valence-corrected chi connectivity index (χ2v) is 8.16. The summed E-state index contributed by atoms with van der Waals surface area (Å²) in [7, 11) is 1.49. The summed E-state index contributed by atoms with van der Waals surface area (Å²) >= 11 is 0. The van der Waals surface area contributed by atoms with Gasteiger partial charge in [-0.15, -0.1) is 0 Å². The molecule has 36 heavy (non-hydrogen) atoms. The molecule has 11 heteroatoms. The van der Waals surface area contributed by atoms with Crippen LogP contribution in [0.2, 0.25) is 0 Å². The molecular weight excluding hydrogens is 475 g/mol. The zero-order valence-corrected chi connectivity index (χ0v) is 19.6. The molecule has 2 heterocycles. The Bertz CT molecular complexity index is 1490. The zero-order valence-electron chi connectivity index (χ0n) is 19.6. The van der Waals surface area contributed by atoms with E-state index in [9.17, 15) is 22.8 Å². The van der Waals surface area contributed by atoms with E-state index in [2.05, 4.69) is 15.4 Å². The maximum Gasteiger partial charge on any atom is 0.437 e. The van der Waals surface area contributed by atoms with E-state index in [-0.39, 0.29) is 23.5 Å². The normalized spacial score (nSPS) is 11.5. The topological polar surface area (TPSA) is 112 Å². The first kappa shape index (κ1) is 24.7. The first-order valence-corrected chi connectivity index (χ1v) is 10.8. The number of anilines is 1. The number of amides is 2. The van der Waals surface area contributed by atoms with Gasteiger partial charge in [0.05, 0.1) is 36.1 Å². The number of carbonyl (C=O) groups excluding carboxylic acids is 2. The molecule has 0 unspecified atom stereocenters. The number of carbonyl (C=O) groups is 2. The van der Waals surface area contributed by atoms with Crippen molar-refractivity contribution in [1.82, 2.24) is 14.8 Å². The number of aromatic nitrogens is 3. The number of halogens is 3. The van der Waals surface area contributed by atoms with E-state index in [1.54, 1.807) is 49.4 Å². The van der Waals surface area contributed by atoms with Crippen molar-refractivity contribution < 1.29 is 27.5 Å². The minimum atomic E-state index is -4.83. The van der Waals surface area contributed by atoms with Gasteiger partial charge in [0, 0.05) is 5.39 Å². The lowest BCUT2D eigenvalue weighted by Gasteiger charge is -2.13. The van der Waals surface area contributed by atoms with E-state index in [0.717, 1.165) is 4.68 Å². The molecule has 3 N–H and O–H groups in total. The number of fused-ring (bicyclic) bond motifs is 1. The first-order valence-electron chi connectivity index (χ1n) is 10.8. The third-order valence-electron chi connectivity index (χ3n) is 5.72. The van der Waals surface area contributed by atoms with Gasteiger partial charge in [0.15, 0.2) is 5.69 Å². The molecule has 0 saturated heterocycles. The Hall–Kier alpha value is -4.41. The van der Waals surface area contributed by atoms with E-state index >= 15 is 0 Å². The zero-order chi connectivity index (χ0) is 26.2. The average molecular weight is 497 g/mol. The number of nitrogens with one attached hydrogen (secondary N) is 1. The molecular formula is C25H22F3N5O3. The van der Waals surface area contributed by atoms with Crippen molar-refractivity contribution >= 4 is 28.4 Å². The number of primary amides is 1. The van der Waals surface area contributed by atoms with Crippen LogP contribution in [0.3, 0.4) is 0 Å². The number of nitrogens with zero attached hydrogens (tertiary/aromatic N) is 3. The Balaban J connectivity index is 1.79. The number of methoxy groups -OCH3 is 1. The van der Waals surface area contributed by atoms with Crippen LogP contribution in [0.25, 0.3) is 10.9 Å². The van der Waals surface area contributed by atoms with E-state index in [1.807, 2.05) is 0 Å². The molecule has 2 aromatic heterocycles. The van der Waals surface area contributed by atoms with Gasteiger partial charge in [-0.1, -0.05) is 24.3 Å². The second kappa shape index (κ2) is 9.33. The monoisotopic (exact) mass is 497 g/mol. The highest BCUT2D eigenvalue weighted by Crippen LogP contribution is 2.37. The van der Waals surface area contributed by atoms with Gasteiger partial charge in [-0.05, 0) is 49.2 Å². The molecule has 0 aliphatic heterocycles. The minimum absolute atomic E-state index is 0.0190. The smallest absolute Gasteiger partial charge is 0.437 e. The Labute approximate surface area is 203 Å². The highest BCUT2D eigenvalue weighted by molar-refractivity contribution is 6.14. The summed E-state index contributed by atoms with van der Waals surface area (Å²) in [6, 6.07) is 13.0. The van der Waals surface area contributed by atoms with Crippen LogP contribution in [0.4, 0.5) is 18.9 Å². The quantitative estimate of drug-likeness (QED) is 0.408. The van der Waals surface area contributed by atoms with Crippen LogP contribution in [-0.2, 0) is 12.7 Å². The number of pyridine rings is 1. The van der Waals surface area contributed by atoms with Gasteiger partial charge in [-0.3, -0.25) is 14.3 Å². The van der Waals surface area contributed by atoms with Crippen molar-refractivity contribution in [3.05, 3.63) is 82.3 Å². The SMILES string of the molecule is COc1cccc(Cn2nc(C(F)(F)F)c(NC(=O)c3cc(C(N)=O)nc4cccc(C)c34)c2C)c1. The van der Waals surface area contributed by atoms with E-state index in [4.69, 9.17) is 10.5 Å². The van der Waals surface area contributed by atoms with Crippen LogP contribution in [0.1, 0.15) is 43.4 Å². The summed E-state index contributed by atoms with van der Waals surface area (Å²) in [5.41, 5.74) is 5.18. The van der Waals surface area contributed by atoms with Crippen LogP contribution in [0, 0.1) is 13.8 Å². The third-order valence-corrected chi connectivity index (χ3v) is 5.72. The Morgan fingerprint density at radius 1 is 1.11 bits per heavy atom. The number of alkyl halides is 3. The second-order valence-electron chi connectivity index (χ2n) is 8.16. The van der Waals surface area contributed by atoms with Crippen LogP contribution in [0.5, 0.6) is 5.75 Å². The summed E-state index contributed by atoms with van der Waals surface area (Å²) in [6.07, 6.45) is -4.83. The van der Waals surface area contributed by atoms with Gasteiger partial charge < -0.3 is 15.8 Å². The summed E-state index contributed by atoms with van der Waals surface area (Å²) in [5.74, 6) is -1.17. The van der Waals surface area contributed by atoms with Crippen molar-refractivity contribution in [3.8, 4) is 5.75 Å². The maximum absolute atomic E-state index is 13.9. The lowest BCUT2D eigenvalue weighted by molar-refractivity contribution is -0.140. The predicted octanol–water partition coefficient (Wildman–Crippen LogP) is 4.48. The fourth-order valence-corrected chi connectivity index (χ4v) is 3.94. The molecule has 8 nitrogen and oxygen atoms in total. The van der Waals surface area contributed by atoms with Gasteiger partial charge in [0.1, 0.15) is 11.4 Å². The van der Waals surface area contributed by atoms with E-state index < -0.39 is 29.4 Å². The highest BCUT2D eigenvalue weighted by Gasteiger charge is 2.39. The summed E-state index contributed by atoms with van der Waals surface area (Å²) in [4.78, 5) is 29.3. The Kier molecular flexibility index (Phi) is 6.40. The fourth-order valence-electron chi connectivity index (χ4n) is 3.94. The number of nitrogens with two attached hydrogens (primary N) is 1. The van der Waals surface area contributed by atoms with Gasteiger partial charge in [0.2, 0.25) is 0 Å². The predicted molar refractivity (Wildman–Crippen MR) is 127 cm³/mol. The van der Waals surface area contributed by atoms with Crippen LogP contribution >= 0.6 is 0 Å². The van der Waals surface area contributed by atoms with E-state index in [1.165, 1.54) is 20.1 Å². The minimum Gasteiger partial charge on any atom is -0.497 e. The maximum atomic E-state index is 13.9. The molecule has 186 valence electrons. The summed E-state index contributed by atoms with van der Waals surface area (Å²) in [6.45, 7) is 3.18. The Morgan fingerprint density at radius 3 is 2.50 bits per heavy atom. The molecule has 0 aliphatic rings. The average Bonchev–Trinajstić information content (AvgIpc) is 3.14. The van der Waals surface area contributed by atoms with Crippen molar-refractivity contribution in [2.75, 3.05) is 12.4 Å². The molecule has 2 amide bonds. The van der Waals surface area contributed by atoms with Gasteiger partial charge >= 0.3 is 6.18 Å². The standard InChI is InChI=1S/C25H22F3N5O3/c1-13-6-4-9-18-20(13)17(11-19(30-18)23(29)34)24(35)31-21-14(2)33(32-22(21)25(26,27)28)12-15-7-5-8-16(10-15)36-3/h4-11H,12H2,1-3H3,(H2,29,34)(H,31,35). The fraction of sp³-hybridized carbons (Fsp3) is 0.200. The molecule has 4 rings (SSSR count). The molecule has 0 fully saturated rings. The number of hydrogen-bond donors (Lipinski definition) is 2. The van der Waals surface area contributed by atoms with E-state index in [0.29, 0.717) is 27.8 Å².